The zero-order chi connectivity index (χ0) is 44.5. The van der Waals surface area contributed by atoms with Crippen molar-refractivity contribution in [2.75, 3.05) is 56.2 Å². The van der Waals surface area contributed by atoms with Crippen LogP contribution in [0.15, 0.2) is 54.7 Å². The normalized spacial score (nSPS) is 25.0. The molecule has 0 aliphatic carbocycles. The fourth-order valence-corrected chi connectivity index (χ4v) is 11.2. The van der Waals surface area contributed by atoms with Crippen LogP contribution < -0.4 is 25.2 Å². The van der Waals surface area contributed by atoms with Gasteiger partial charge in [-0.15, -0.1) is 0 Å². The number of imide groups is 1. The third-order valence-electron chi connectivity index (χ3n) is 14.6. The van der Waals surface area contributed by atoms with Gasteiger partial charge < -0.3 is 34.6 Å². The summed E-state index contributed by atoms with van der Waals surface area (Å²) in [5.74, 6) is -0.788. The van der Waals surface area contributed by atoms with Crippen molar-refractivity contribution in [1.29, 1.82) is 0 Å². The van der Waals surface area contributed by atoms with Crippen molar-refractivity contribution in [3.8, 4) is 23.0 Å². The molecule has 5 fully saturated rings. The lowest BCUT2D eigenvalue weighted by atomic mass is 9.95. The molecule has 16 heteroatoms. The van der Waals surface area contributed by atoms with E-state index >= 15 is 4.39 Å². The number of nitrogens with zero attached hydrogens (tertiary/aromatic N) is 7. The summed E-state index contributed by atoms with van der Waals surface area (Å²) in [6, 6.07) is 15.3. The predicted molar refractivity (Wildman–Crippen MR) is 243 cm³/mol. The summed E-state index contributed by atoms with van der Waals surface area (Å²) in [5.41, 5.74) is 4.38. The van der Waals surface area contributed by atoms with Gasteiger partial charge in [-0.3, -0.25) is 29.6 Å². The van der Waals surface area contributed by atoms with E-state index in [1.54, 1.807) is 23.2 Å². The Balaban J connectivity index is 0.767. The molecule has 0 spiro atoms. The van der Waals surface area contributed by atoms with Crippen molar-refractivity contribution in [2.45, 2.75) is 101 Å². The molecular formula is C49H54FN9O6. The number of ether oxygens (including phenoxy) is 2. The van der Waals surface area contributed by atoms with Gasteiger partial charge in [-0.05, 0) is 104 Å². The lowest BCUT2D eigenvalue weighted by Gasteiger charge is -2.35. The number of aryl methyl sites for hydroxylation is 1. The SMILES string of the molecule is CCc1cccc2cc(O)cc(-c3ncc4c(N5CC6CCC(C5)N6)nc(OC[C@@H]5C[C@@H](OC6CCN(c7ccc8c(c7)CN(C7CCC(=O)NC7=O)C8=O)CC6)CN5C)nc4c3F)c12. The van der Waals surface area contributed by atoms with Crippen molar-refractivity contribution in [1.82, 2.24) is 35.4 Å². The van der Waals surface area contributed by atoms with E-state index < -0.39 is 17.8 Å². The number of carbonyl (C=O) groups is 3. The fourth-order valence-electron chi connectivity index (χ4n) is 11.2. The number of rotatable bonds is 10. The van der Waals surface area contributed by atoms with Crippen LogP contribution >= 0.6 is 0 Å². The Morgan fingerprint density at radius 2 is 1.72 bits per heavy atom. The largest absolute Gasteiger partial charge is 0.508 e. The average Bonchev–Trinajstić information content (AvgIpc) is 3.96. The highest BCUT2D eigenvalue weighted by Crippen LogP contribution is 2.40. The molecule has 5 saturated heterocycles. The number of aromatic hydroxyl groups is 1. The monoisotopic (exact) mass is 883 g/mol. The van der Waals surface area contributed by atoms with Crippen LogP contribution in [0.2, 0.25) is 0 Å². The van der Waals surface area contributed by atoms with Gasteiger partial charge >= 0.3 is 6.01 Å². The third-order valence-corrected chi connectivity index (χ3v) is 14.6. The number of fused-ring (bicyclic) bond motifs is 5. The molecule has 338 valence electrons. The van der Waals surface area contributed by atoms with E-state index in [1.807, 2.05) is 30.3 Å². The van der Waals surface area contributed by atoms with Gasteiger partial charge in [-0.2, -0.15) is 9.97 Å². The summed E-state index contributed by atoms with van der Waals surface area (Å²) in [4.78, 5) is 60.3. The first-order valence-corrected chi connectivity index (χ1v) is 23.2. The van der Waals surface area contributed by atoms with Crippen LogP contribution in [0.1, 0.15) is 73.4 Å². The first kappa shape index (κ1) is 41.7. The molecule has 2 bridgehead atoms. The number of pyridine rings is 1. The maximum Gasteiger partial charge on any atom is 0.319 e. The second-order valence-electron chi connectivity index (χ2n) is 18.7. The van der Waals surface area contributed by atoms with Crippen molar-refractivity contribution in [2.24, 2.45) is 0 Å². The summed E-state index contributed by atoms with van der Waals surface area (Å²) in [6.45, 7) is 6.59. The molecule has 15 nitrogen and oxygen atoms in total. The zero-order valence-corrected chi connectivity index (χ0v) is 36.8. The van der Waals surface area contributed by atoms with Crippen molar-refractivity contribution < 1.29 is 33.4 Å². The molecule has 6 aliphatic heterocycles. The quantitative estimate of drug-likeness (QED) is 0.159. The van der Waals surface area contributed by atoms with E-state index in [9.17, 15) is 19.5 Å². The number of benzene rings is 3. The molecule has 5 atom stereocenters. The van der Waals surface area contributed by atoms with E-state index in [2.05, 4.69) is 45.4 Å². The average molecular weight is 884 g/mol. The van der Waals surface area contributed by atoms with Gasteiger partial charge in [-0.1, -0.05) is 25.1 Å². The lowest BCUT2D eigenvalue weighted by molar-refractivity contribution is -0.136. The minimum Gasteiger partial charge on any atom is -0.508 e. The van der Waals surface area contributed by atoms with Gasteiger partial charge in [-0.25, -0.2) is 4.39 Å². The van der Waals surface area contributed by atoms with E-state index in [0.717, 1.165) is 98.8 Å². The fraction of sp³-hybridized carbons (Fsp3) is 0.469. The summed E-state index contributed by atoms with van der Waals surface area (Å²) in [5, 5.41) is 19.0. The van der Waals surface area contributed by atoms with Gasteiger partial charge in [0.25, 0.3) is 5.91 Å². The van der Waals surface area contributed by atoms with Crippen LogP contribution in [0.5, 0.6) is 11.8 Å². The summed E-state index contributed by atoms with van der Waals surface area (Å²) in [7, 11) is 2.07. The molecule has 0 radical (unpaired) electrons. The molecular weight excluding hydrogens is 830 g/mol. The molecule has 65 heavy (non-hydrogen) atoms. The van der Waals surface area contributed by atoms with Crippen molar-refractivity contribution in [3.05, 3.63) is 77.2 Å². The molecule has 5 aromatic rings. The highest BCUT2D eigenvalue weighted by atomic mass is 19.1. The minimum absolute atomic E-state index is 0.0232. The van der Waals surface area contributed by atoms with E-state index in [0.29, 0.717) is 54.0 Å². The van der Waals surface area contributed by atoms with E-state index in [1.165, 1.54) is 0 Å². The molecule has 6 aliphatic rings. The molecule has 3 unspecified atom stereocenters. The number of halogens is 1. The van der Waals surface area contributed by atoms with Gasteiger partial charge in [0.15, 0.2) is 5.82 Å². The number of anilines is 2. The second-order valence-corrected chi connectivity index (χ2v) is 18.7. The molecule has 3 amide bonds. The van der Waals surface area contributed by atoms with Crippen molar-refractivity contribution in [3.63, 3.8) is 0 Å². The van der Waals surface area contributed by atoms with Crippen molar-refractivity contribution >= 4 is 50.9 Å². The highest BCUT2D eigenvalue weighted by molar-refractivity contribution is 6.06. The Kier molecular flexibility index (Phi) is 10.8. The summed E-state index contributed by atoms with van der Waals surface area (Å²) < 4.78 is 30.3. The van der Waals surface area contributed by atoms with E-state index in [4.69, 9.17) is 24.4 Å². The second kappa shape index (κ2) is 16.8. The number of piperidine rings is 2. The zero-order valence-electron chi connectivity index (χ0n) is 36.8. The maximum absolute atomic E-state index is 17.1. The molecule has 0 saturated carbocycles. The Morgan fingerprint density at radius 1 is 0.908 bits per heavy atom. The standard InChI is InChI=1S/C49H54FN9O6/c1-3-27-5-4-6-28-18-34(60)20-38(42(27)28)44-43(50)45-39(21-51-44)46(58-23-30-7-8-31(24-58)52-30)55-49(54-45)64-26-33-19-36(25-56(33)2)65-35-13-15-57(16-14-35)32-9-10-37-29(17-32)22-59(48(37)63)40-11-12-41(61)53-47(40)62/h4-6,9-10,17-18,20-21,30-31,33,35-36,40,52,60H,3,7-8,11-16,19,22-26H2,1-2H3,(H,53,61,62)/t30?,31?,33-,36+,40?/m0/s1. The molecule has 8 heterocycles. The number of amides is 3. The van der Waals surface area contributed by atoms with Crippen LogP contribution in [-0.2, 0) is 27.3 Å². The first-order valence-electron chi connectivity index (χ1n) is 23.2. The number of likely N-dealkylation sites (N-methyl/N-ethyl adjacent to an activating group) is 1. The number of phenolic OH excluding ortho intramolecular Hbond substituents is 1. The Morgan fingerprint density at radius 3 is 2.51 bits per heavy atom. The number of piperazine rings is 1. The lowest BCUT2D eigenvalue weighted by Crippen LogP contribution is -2.52. The molecule has 2 aromatic heterocycles. The Labute approximate surface area is 376 Å². The summed E-state index contributed by atoms with van der Waals surface area (Å²) in [6.07, 6.45) is 7.76. The first-order chi connectivity index (χ1) is 31.6. The number of nitrogens with one attached hydrogen (secondary N) is 2. The van der Waals surface area contributed by atoms with Crippen LogP contribution in [-0.4, -0.2) is 130 Å². The number of hydrogen-bond acceptors (Lipinski definition) is 13. The molecule has 3 aromatic carbocycles. The van der Waals surface area contributed by atoms with Crippen LogP contribution in [0.4, 0.5) is 15.9 Å². The number of aromatic nitrogens is 3. The number of carbonyl (C=O) groups excluding carboxylic acids is 3. The van der Waals surface area contributed by atoms with Gasteiger partial charge in [0.2, 0.25) is 11.8 Å². The van der Waals surface area contributed by atoms with Crippen LogP contribution in [0.3, 0.4) is 0 Å². The van der Waals surface area contributed by atoms with Gasteiger partial charge in [0.05, 0.1) is 17.6 Å². The number of phenols is 1. The highest BCUT2D eigenvalue weighted by Gasteiger charge is 2.40. The van der Waals surface area contributed by atoms with E-state index in [-0.39, 0.29) is 59.5 Å². The Bertz CT molecular complexity index is 2720. The summed E-state index contributed by atoms with van der Waals surface area (Å²) >= 11 is 0. The third kappa shape index (κ3) is 7.78. The predicted octanol–water partition coefficient (Wildman–Crippen LogP) is 5.09. The van der Waals surface area contributed by atoms with Gasteiger partial charge in [0, 0.05) is 86.8 Å². The molecule has 11 rings (SSSR count). The smallest absolute Gasteiger partial charge is 0.319 e. The number of likely N-dealkylation sites (tertiary alicyclic amines) is 1. The molecule has 3 N–H and O–H groups in total. The minimum atomic E-state index is -0.633. The topological polar surface area (TPSA) is 166 Å². The maximum atomic E-state index is 17.1. The Hall–Kier alpha value is -5.97. The van der Waals surface area contributed by atoms with Crippen LogP contribution in [0, 0.1) is 5.82 Å². The van der Waals surface area contributed by atoms with Crippen LogP contribution in [0.25, 0.3) is 32.9 Å². The van der Waals surface area contributed by atoms with Gasteiger partial charge in [0.1, 0.15) is 35.4 Å². The number of hydrogen-bond donors (Lipinski definition) is 3.